The maximum absolute atomic E-state index is 9.99. The van der Waals surface area contributed by atoms with Gasteiger partial charge in [-0.25, -0.2) is 4.99 Å². The summed E-state index contributed by atoms with van der Waals surface area (Å²) in [5.74, 6) is -1.65. The number of nitrogens with zero attached hydrogens (tertiary/aromatic N) is 2. The van der Waals surface area contributed by atoms with E-state index in [2.05, 4.69) is 17.1 Å². The van der Waals surface area contributed by atoms with Crippen LogP contribution in [-0.4, -0.2) is 24.5 Å². The summed E-state index contributed by atoms with van der Waals surface area (Å²) < 4.78 is 11.7. The summed E-state index contributed by atoms with van der Waals surface area (Å²) >= 11 is 6.08. The second kappa shape index (κ2) is 4.24. The molecule has 1 spiro atoms. The molecule has 1 aromatic carbocycles. The molecule has 23 heavy (non-hydrogen) atoms. The first-order valence-electron chi connectivity index (χ1n) is 7.28. The molecular weight excluding hydrogens is 316 g/mol. The van der Waals surface area contributed by atoms with E-state index in [9.17, 15) is 10.5 Å². The van der Waals surface area contributed by atoms with Crippen molar-refractivity contribution in [2.45, 2.75) is 24.9 Å². The molecule has 1 aromatic rings. The lowest BCUT2D eigenvalue weighted by Crippen LogP contribution is -2.90. The van der Waals surface area contributed by atoms with Crippen molar-refractivity contribution in [1.29, 1.82) is 10.5 Å². The number of ether oxygens (including phenoxy) is 2. The van der Waals surface area contributed by atoms with Crippen molar-refractivity contribution in [3.05, 3.63) is 34.9 Å². The fourth-order valence-electron chi connectivity index (χ4n) is 4.15. The topological polar surface area (TPSA) is 106 Å². The van der Waals surface area contributed by atoms with Gasteiger partial charge in [0.25, 0.3) is 5.84 Å². The molecule has 1 saturated heterocycles. The quantitative estimate of drug-likeness (QED) is 0.754. The second-order valence-corrected chi connectivity index (χ2v) is 6.66. The molecule has 7 heteroatoms. The Morgan fingerprint density at radius 3 is 2.74 bits per heavy atom. The Morgan fingerprint density at radius 1 is 1.39 bits per heavy atom. The molecule has 2 aliphatic heterocycles. The molecule has 116 valence electrons. The first-order chi connectivity index (χ1) is 11.0. The van der Waals surface area contributed by atoms with Crippen molar-refractivity contribution in [3.8, 4) is 12.1 Å². The average Bonchev–Trinajstić information content (AvgIpc) is 2.93. The third-order valence-corrected chi connectivity index (χ3v) is 5.31. The van der Waals surface area contributed by atoms with Crippen molar-refractivity contribution in [2.24, 2.45) is 16.6 Å². The van der Waals surface area contributed by atoms with Gasteiger partial charge >= 0.3 is 5.91 Å². The van der Waals surface area contributed by atoms with E-state index in [0.29, 0.717) is 11.6 Å². The maximum atomic E-state index is 9.99. The monoisotopic (exact) mass is 329 g/mol. The first-order valence-corrected chi connectivity index (χ1v) is 7.66. The van der Waals surface area contributed by atoms with Crippen LogP contribution in [0, 0.1) is 33.5 Å². The fourth-order valence-corrected chi connectivity index (χ4v) is 4.35. The Balaban J connectivity index is 1.93. The lowest BCUT2D eigenvalue weighted by molar-refractivity contribution is -0.677. The minimum Gasteiger partial charge on any atom is -0.311 e. The molecule has 1 saturated carbocycles. The van der Waals surface area contributed by atoms with E-state index in [1.807, 2.05) is 13.0 Å². The van der Waals surface area contributed by atoms with E-state index in [4.69, 9.17) is 26.8 Å². The van der Waals surface area contributed by atoms with E-state index < -0.39 is 22.7 Å². The Morgan fingerprint density at radius 2 is 2.17 bits per heavy atom. The number of rotatable bonds is 1. The molecule has 0 radical (unpaired) electrons. The van der Waals surface area contributed by atoms with E-state index in [1.165, 1.54) is 0 Å². The number of amidine groups is 1. The van der Waals surface area contributed by atoms with E-state index >= 15 is 0 Å². The second-order valence-electron chi connectivity index (χ2n) is 6.22. The van der Waals surface area contributed by atoms with Crippen molar-refractivity contribution in [3.63, 3.8) is 0 Å². The zero-order valence-corrected chi connectivity index (χ0v) is 13.1. The van der Waals surface area contributed by atoms with E-state index in [1.54, 1.807) is 18.2 Å². The summed E-state index contributed by atoms with van der Waals surface area (Å²) in [7, 11) is 0. The summed E-state index contributed by atoms with van der Waals surface area (Å²) in [5, 5.41) is 20.4. The van der Waals surface area contributed by atoms with Crippen LogP contribution in [0.25, 0.3) is 0 Å². The molecule has 2 fully saturated rings. The van der Waals surface area contributed by atoms with Crippen LogP contribution in [0.1, 0.15) is 18.4 Å². The van der Waals surface area contributed by atoms with Crippen molar-refractivity contribution < 1.29 is 14.5 Å². The Kier molecular flexibility index (Phi) is 2.67. The van der Waals surface area contributed by atoms with Gasteiger partial charge in [-0.15, -0.1) is 0 Å². The van der Waals surface area contributed by atoms with Gasteiger partial charge < -0.3 is 9.47 Å². The Hall–Kier alpha value is -2.12. The van der Waals surface area contributed by atoms with Gasteiger partial charge in [0.1, 0.15) is 0 Å². The van der Waals surface area contributed by atoms with Gasteiger partial charge in [-0.2, -0.15) is 10.5 Å². The molecule has 6 nitrogen and oxygen atoms in total. The van der Waals surface area contributed by atoms with Crippen molar-refractivity contribution in [2.75, 3.05) is 6.61 Å². The van der Waals surface area contributed by atoms with Crippen LogP contribution in [0.2, 0.25) is 5.02 Å². The molecule has 0 aromatic heterocycles. The Labute approximate surface area is 138 Å². The van der Waals surface area contributed by atoms with Crippen LogP contribution in [0.15, 0.2) is 24.3 Å². The Bertz CT molecular complexity index is 828. The maximum Gasteiger partial charge on any atom is 0.343 e. The highest BCUT2D eigenvalue weighted by Crippen LogP contribution is 2.79. The SMILES string of the molecule is C[C@H]1CO[C@@]2([NH+]=C(N)[C@@]3(C#N)[C@@H](c4cccc(Cl)c4)[C@@]23C#N)O1. The fraction of sp³-hybridized carbons (Fsp3) is 0.438. The van der Waals surface area contributed by atoms with Gasteiger partial charge in [-0.3, -0.25) is 5.73 Å². The minimum atomic E-state index is -1.39. The molecule has 2 heterocycles. The summed E-state index contributed by atoms with van der Waals surface area (Å²) in [5.41, 5.74) is 4.47. The standard InChI is InChI=1S/C16H13ClN4O2/c1-9-6-22-16(23-9)15(8-19)12(10-3-2-4-11(17)5-10)14(15,7-18)13(20)21-16/h2-5,9,12H,6H2,1H3,(H2,20,21)/p+1/t9-,12+,14+,15+,16+/m0/s1. The van der Waals surface area contributed by atoms with E-state index in [-0.39, 0.29) is 11.9 Å². The molecule has 5 atom stereocenters. The van der Waals surface area contributed by atoms with Gasteiger partial charge in [0.15, 0.2) is 10.8 Å². The molecule has 3 aliphatic rings. The van der Waals surface area contributed by atoms with Crippen molar-refractivity contribution >= 4 is 17.4 Å². The highest BCUT2D eigenvalue weighted by atomic mass is 35.5. The van der Waals surface area contributed by atoms with Crippen LogP contribution >= 0.6 is 11.6 Å². The van der Waals surface area contributed by atoms with Crippen LogP contribution in [0.4, 0.5) is 0 Å². The number of hydrogen-bond donors (Lipinski definition) is 2. The van der Waals surface area contributed by atoms with Crippen molar-refractivity contribution in [1.82, 2.24) is 0 Å². The van der Waals surface area contributed by atoms with Gasteiger partial charge in [0.05, 0.1) is 24.8 Å². The number of nitrogens with one attached hydrogen (secondary N) is 1. The smallest absolute Gasteiger partial charge is 0.311 e. The summed E-state index contributed by atoms with van der Waals surface area (Å²) in [6.45, 7) is 2.17. The minimum absolute atomic E-state index is 0.198. The van der Waals surface area contributed by atoms with Crippen LogP contribution in [-0.2, 0) is 9.47 Å². The lowest BCUT2D eigenvalue weighted by Gasteiger charge is -2.24. The highest BCUT2D eigenvalue weighted by molar-refractivity contribution is 6.30. The molecule has 0 bridgehead atoms. The van der Waals surface area contributed by atoms with E-state index in [0.717, 1.165) is 5.56 Å². The summed E-state index contributed by atoms with van der Waals surface area (Å²) in [6, 6.07) is 11.6. The summed E-state index contributed by atoms with van der Waals surface area (Å²) in [6.07, 6.45) is -0.198. The summed E-state index contributed by atoms with van der Waals surface area (Å²) in [4.78, 5) is 2.93. The van der Waals surface area contributed by atoms with Gasteiger partial charge in [-0.1, -0.05) is 23.7 Å². The zero-order valence-electron chi connectivity index (χ0n) is 12.3. The number of halogens is 1. The third kappa shape index (κ3) is 1.38. The molecule has 4 rings (SSSR count). The normalized spacial score (nSPS) is 43.6. The zero-order chi connectivity index (χ0) is 16.5. The lowest BCUT2D eigenvalue weighted by atomic mass is 9.94. The van der Waals surface area contributed by atoms with Crippen LogP contribution in [0.5, 0.6) is 0 Å². The largest absolute Gasteiger partial charge is 0.343 e. The van der Waals surface area contributed by atoms with Crippen LogP contribution in [0.3, 0.4) is 0 Å². The third-order valence-electron chi connectivity index (χ3n) is 5.07. The molecule has 0 unspecified atom stereocenters. The average molecular weight is 330 g/mol. The predicted molar refractivity (Wildman–Crippen MR) is 79.7 cm³/mol. The number of nitrogens with two attached hydrogens (primary N) is 1. The van der Waals surface area contributed by atoms with Gasteiger partial charge in [0.2, 0.25) is 0 Å². The molecule has 3 N–H and O–H groups in total. The predicted octanol–water partition coefficient (Wildman–Crippen LogP) is -0.00234. The number of nitriles is 2. The molecule has 1 aliphatic carbocycles. The van der Waals surface area contributed by atoms with Gasteiger partial charge in [0, 0.05) is 10.9 Å². The number of benzene rings is 1. The first kappa shape index (κ1) is 14.5. The van der Waals surface area contributed by atoms with Crippen LogP contribution < -0.4 is 10.7 Å². The van der Waals surface area contributed by atoms with Gasteiger partial charge in [-0.05, 0) is 24.6 Å². The number of fused-ring (bicyclic) bond motifs is 2. The molecular formula is C16H14ClN4O2+. The highest BCUT2D eigenvalue weighted by Gasteiger charge is 2.97. The molecule has 0 amide bonds. The number of hydrogen-bond acceptors (Lipinski definition) is 5.